The number of halogens is 1. The van der Waals surface area contributed by atoms with E-state index in [0.29, 0.717) is 19.5 Å². The highest BCUT2D eigenvalue weighted by molar-refractivity contribution is 14.0. The maximum atomic E-state index is 11.9. The maximum Gasteiger partial charge on any atom is 0.222 e. The van der Waals surface area contributed by atoms with Crippen molar-refractivity contribution < 1.29 is 4.79 Å². The average molecular weight is 520 g/mol. The van der Waals surface area contributed by atoms with E-state index in [4.69, 9.17) is 4.99 Å². The van der Waals surface area contributed by atoms with Gasteiger partial charge in [-0.3, -0.25) is 4.79 Å². The van der Waals surface area contributed by atoms with Gasteiger partial charge in [-0.2, -0.15) is 0 Å². The van der Waals surface area contributed by atoms with Gasteiger partial charge in [-0.1, -0.05) is 48.5 Å². The Morgan fingerprint density at radius 2 is 1.93 bits per heavy atom. The SMILES string of the molecule is CCNC(=NCc1cccc(CN2CCCC2=O)c1)NC(C)c1ccccc1C.I. The molecule has 1 atom stereocenters. The summed E-state index contributed by atoms with van der Waals surface area (Å²) in [5, 5.41) is 6.85. The Morgan fingerprint density at radius 1 is 1.17 bits per heavy atom. The summed E-state index contributed by atoms with van der Waals surface area (Å²) in [4.78, 5) is 18.6. The lowest BCUT2D eigenvalue weighted by Gasteiger charge is -2.20. The number of hydrogen-bond donors (Lipinski definition) is 2. The molecule has 0 radical (unpaired) electrons. The topological polar surface area (TPSA) is 56.7 Å². The Hall–Kier alpha value is -2.09. The Balaban J connectivity index is 0.00000320. The molecule has 0 spiro atoms. The van der Waals surface area contributed by atoms with Crippen LogP contribution in [0.5, 0.6) is 0 Å². The quantitative estimate of drug-likeness (QED) is 0.320. The van der Waals surface area contributed by atoms with Crippen molar-refractivity contribution in [2.75, 3.05) is 13.1 Å². The molecule has 0 bridgehead atoms. The Labute approximate surface area is 197 Å². The lowest BCUT2D eigenvalue weighted by atomic mass is 10.0. The molecule has 1 aliphatic rings. The fraction of sp³-hybridized carbons (Fsp3) is 0.417. The van der Waals surface area contributed by atoms with Gasteiger partial charge >= 0.3 is 0 Å². The first-order valence-corrected chi connectivity index (χ1v) is 10.5. The molecule has 2 aromatic rings. The van der Waals surface area contributed by atoms with E-state index >= 15 is 0 Å². The van der Waals surface area contributed by atoms with Gasteiger partial charge in [-0.15, -0.1) is 24.0 Å². The third kappa shape index (κ3) is 6.72. The normalized spacial score (nSPS) is 15.0. The van der Waals surface area contributed by atoms with Gasteiger partial charge < -0.3 is 15.5 Å². The van der Waals surface area contributed by atoms with Gasteiger partial charge in [-0.25, -0.2) is 4.99 Å². The van der Waals surface area contributed by atoms with Crippen LogP contribution in [-0.4, -0.2) is 29.9 Å². The van der Waals surface area contributed by atoms with Gasteiger partial charge in [-0.05, 0) is 49.4 Å². The summed E-state index contributed by atoms with van der Waals surface area (Å²) in [5.41, 5.74) is 4.86. The largest absolute Gasteiger partial charge is 0.357 e. The van der Waals surface area contributed by atoms with Crippen LogP contribution in [-0.2, 0) is 17.9 Å². The van der Waals surface area contributed by atoms with E-state index in [9.17, 15) is 4.79 Å². The molecule has 1 aliphatic heterocycles. The molecule has 1 amide bonds. The van der Waals surface area contributed by atoms with Crippen LogP contribution in [0.1, 0.15) is 55.0 Å². The van der Waals surface area contributed by atoms with Gasteiger partial charge in [0.1, 0.15) is 0 Å². The van der Waals surface area contributed by atoms with Crippen LogP contribution in [0.3, 0.4) is 0 Å². The molecule has 1 saturated heterocycles. The van der Waals surface area contributed by atoms with Crippen molar-refractivity contribution in [1.82, 2.24) is 15.5 Å². The number of nitrogens with one attached hydrogen (secondary N) is 2. The number of nitrogens with zero attached hydrogens (tertiary/aromatic N) is 2. The molecular weight excluding hydrogens is 487 g/mol. The molecule has 30 heavy (non-hydrogen) atoms. The number of guanidine groups is 1. The molecular formula is C24H33IN4O. The zero-order valence-electron chi connectivity index (χ0n) is 18.1. The summed E-state index contributed by atoms with van der Waals surface area (Å²) in [6.45, 7) is 9.33. The fourth-order valence-electron chi connectivity index (χ4n) is 3.76. The van der Waals surface area contributed by atoms with E-state index < -0.39 is 0 Å². The van der Waals surface area contributed by atoms with Crippen LogP contribution in [0.4, 0.5) is 0 Å². The average Bonchev–Trinajstić information content (AvgIpc) is 3.11. The molecule has 3 rings (SSSR count). The third-order valence-electron chi connectivity index (χ3n) is 5.31. The van der Waals surface area contributed by atoms with Crippen LogP contribution < -0.4 is 10.6 Å². The first kappa shape index (κ1) is 24.2. The van der Waals surface area contributed by atoms with Crippen molar-refractivity contribution in [3.8, 4) is 0 Å². The molecule has 0 aliphatic carbocycles. The van der Waals surface area contributed by atoms with E-state index in [2.05, 4.69) is 79.9 Å². The lowest BCUT2D eigenvalue weighted by Crippen LogP contribution is -2.38. The van der Waals surface area contributed by atoms with Crippen molar-refractivity contribution >= 4 is 35.8 Å². The molecule has 1 fully saturated rings. The zero-order chi connectivity index (χ0) is 20.6. The minimum atomic E-state index is 0. The minimum absolute atomic E-state index is 0. The number of aliphatic imine (C=N–C) groups is 1. The molecule has 1 unspecified atom stereocenters. The molecule has 162 valence electrons. The summed E-state index contributed by atoms with van der Waals surface area (Å²) in [6.07, 6.45) is 1.65. The first-order valence-electron chi connectivity index (χ1n) is 10.5. The summed E-state index contributed by atoms with van der Waals surface area (Å²) in [6, 6.07) is 17.0. The zero-order valence-corrected chi connectivity index (χ0v) is 20.5. The number of amides is 1. The molecule has 5 nitrogen and oxygen atoms in total. The van der Waals surface area contributed by atoms with Crippen LogP contribution in [0, 0.1) is 6.92 Å². The summed E-state index contributed by atoms with van der Waals surface area (Å²) < 4.78 is 0. The van der Waals surface area contributed by atoms with Crippen molar-refractivity contribution in [3.05, 3.63) is 70.8 Å². The number of rotatable bonds is 7. The first-order chi connectivity index (χ1) is 14.1. The van der Waals surface area contributed by atoms with Crippen LogP contribution in [0.15, 0.2) is 53.5 Å². The van der Waals surface area contributed by atoms with Crippen molar-refractivity contribution in [2.24, 2.45) is 4.99 Å². The fourth-order valence-corrected chi connectivity index (χ4v) is 3.76. The number of likely N-dealkylation sites (tertiary alicyclic amines) is 1. The number of carbonyl (C=O) groups is 1. The Morgan fingerprint density at radius 3 is 2.63 bits per heavy atom. The number of hydrogen-bond acceptors (Lipinski definition) is 2. The molecule has 2 aromatic carbocycles. The molecule has 1 heterocycles. The summed E-state index contributed by atoms with van der Waals surface area (Å²) in [7, 11) is 0. The van der Waals surface area contributed by atoms with Gasteiger partial charge in [0.25, 0.3) is 0 Å². The molecule has 2 N–H and O–H groups in total. The highest BCUT2D eigenvalue weighted by Gasteiger charge is 2.19. The maximum absolute atomic E-state index is 11.9. The van der Waals surface area contributed by atoms with E-state index in [1.54, 1.807) is 0 Å². The standard InChI is InChI=1S/C24H32N4O.HI/c1-4-25-24(27-19(3)22-12-6-5-9-18(22)2)26-16-20-10-7-11-21(15-20)17-28-14-8-13-23(28)29;/h5-7,9-12,15,19H,4,8,13-14,16-17H2,1-3H3,(H2,25,26,27);1H. The Kier molecular flexibility index (Phi) is 9.62. The van der Waals surface area contributed by atoms with Gasteiger partial charge in [0.2, 0.25) is 5.91 Å². The second kappa shape index (κ2) is 11.9. The van der Waals surface area contributed by atoms with E-state index in [-0.39, 0.29) is 35.9 Å². The summed E-state index contributed by atoms with van der Waals surface area (Å²) >= 11 is 0. The molecule has 0 aromatic heterocycles. The van der Waals surface area contributed by atoms with Gasteiger partial charge in [0.05, 0.1) is 12.6 Å². The number of benzene rings is 2. The van der Waals surface area contributed by atoms with E-state index in [0.717, 1.165) is 31.0 Å². The lowest BCUT2D eigenvalue weighted by molar-refractivity contribution is -0.128. The minimum Gasteiger partial charge on any atom is -0.357 e. The van der Waals surface area contributed by atoms with E-state index in [1.165, 1.54) is 16.7 Å². The van der Waals surface area contributed by atoms with Crippen molar-refractivity contribution in [3.63, 3.8) is 0 Å². The van der Waals surface area contributed by atoms with Gasteiger partial charge in [0.15, 0.2) is 5.96 Å². The Bertz CT molecular complexity index is 868. The highest BCUT2D eigenvalue weighted by Crippen LogP contribution is 2.17. The van der Waals surface area contributed by atoms with Crippen LogP contribution in [0.25, 0.3) is 0 Å². The molecule has 0 saturated carbocycles. The van der Waals surface area contributed by atoms with Crippen LogP contribution >= 0.6 is 24.0 Å². The van der Waals surface area contributed by atoms with Crippen molar-refractivity contribution in [2.45, 2.75) is 52.7 Å². The van der Waals surface area contributed by atoms with Crippen LogP contribution in [0.2, 0.25) is 0 Å². The monoisotopic (exact) mass is 520 g/mol. The number of aryl methyl sites for hydroxylation is 1. The predicted octanol–water partition coefficient (Wildman–Crippen LogP) is 4.55. The smallest absolute Gasteiger partial charge is 0.222 e. The second-order valence-corrected chi connectivity index (χ2v) is 7.66. The highest BCUT2D eigenvalue weighted by atomic mass is 127. The second-order valence-electron chi connectivity index (χ2n) is 7.66. The number of carbonyl (C=O) groups excluding carboxylic acids is 1. The van der Waals surface area contributed by atoms with Crippen molar-refractivity contribution in [1.29, 1.82) is 0 Å². The predicted molar refractivity (Wildman–Crippen MR) is 134 cm³/mol. The molecule has 6 heteroatoms. The van der Waals surface area contributed by atoms with Gasteiger partial charge in [0, 0.05) is 26.1 Å². The third-order valence-corrected chi connectivity index (χ3v) is 5.31. The van der Waals surface area contributed by atoms with E-state index in [1.807, 2.05) is 4.90 Å². The summed E-state index contributed by atoms with van der Waals surface area (Å²) in [5.74, 6) is 1.07.